The first-order valence-electron chi connectivity index (χ1n) is 27.9. The third-order valence-electron chi connectivity index (χ3n) is 18.2. The minimum absolute atomic E-state index is 0.0177. The van der Waals surface area contributed by atoms with Gasteiger partial charge in [0.05, 0.1) is 5.69 Å². The molecule has 0 saturated heterocycles. The maximum Gasteiger partial charge on any atom is 0.252 e. The molecule has 0 amide bonds. The zero-order valence-corrected chi connectivity index (χ0v) is 48.0. The Hall–Kier alpha value is -6.00. The smallest absolute Gasteiger partial charge is 0.252 e. The number of para-hydroxylation sites is 2. The van der Waals surface area contributed by atoms with Crippen LogP contribution >= 0.6 is 0 Å². The van der Waals surface area contributed by atoms with E-state index in [-0.39, 0.29) is 44.6 Å². The Morgan fingerprint density at radius 2 is 0.811 bits per heavy atom. The Kier molecular flexibility index (Phi) is 11.4. The molecule has 4 heteroatoms. The Balaban J connectivity index is 1.33. The van der Waals surface area contributed by atoms with E-state index in [2.05, 4.69) is 272 Å². The molecule has 0 N–H and O–H groups in total. The third kappa shape index (κ3) is 8.24. The van der Waals surface area contributed by atoms with Gasteiger partial charge in [-0.1, -0.05) is 184 Å². The first kappa shape index (κ1) is 50.2. The summed E-state index contributed by atoms with van der Waals surface area (Å²) in [4.78, 5) is 7.90. The summed E-state index contributed by atoms with van der Waals surface area (Å²) in [5.41, 5.74) is 24.9. The van der Waals surface area contributed by atoms with Crippen molar-refractivity contribution < 1.29 is 0 Å². The van der Waals surface area contributed by atoms with Crippen LogP contribution in [0.3, 0.4) is 0 Å². The van der Waals surface area contributed by atoms with Crippen LogP contribution in [0.5, 0.6) is 0 Å². The highest BCUT2D eigenvalue weighted by Gasteiger charge is 2.48. The molecule has 0 unspecified atom stereocenters. The maximum atomic E-state index is 2.72. The van der Waals surface area contributed by atoms with E-state index in [1.54, 1.807) is 0 Å². The van der Waals surface area contributed by atoms with E-state index in [0.29, 0.717) is 0 Å². The molecule has 0 aromatic heterocycles. The molecule has 0 radical (unpaired) electrons. The molecule has 0 spiro atoms. The molecule has 7 aromatic carbocycles. The predicted octanol–water partition coefficient (Wildman–Crippen LogP) is 17.8. The lowest BCUT2D eigenvalue weighted by atomic mass is 9.33. The van der Waals surface area contributed by atoms with Crippen molar-refractivity contribution >= 4 is 74.3 Å². The molecule has 2 aliphatic carbocycles. The van der Waals surface area contributed by atoms with Gasteiger partial charge in [-0.2, -0.15) is 0 Å². The van der Waals surface area contributed by atoms with E-state index in [4.69, 9.17) is 0 Å². The van der Waals surface area contributed by atoms with E-state index in [1.807, 2.05) is 0 Å². The molecule has 7 aromatic rings. The summed E-state index contributed by atoms with van der Waals surface area (Å²) < 4.78 is 0. The monoisotopic (exact) mass is 976 g/mol. The second kappa shape index (κ2) is 16.8. The van der Waals surface area contributed by atoms with Gasteiger partial charge in [-0.25, -0.2) is 0 Å². The van der Waals surface area contributed by atoms with Crippen molar-refractivity contribution in [1.82, 2.24) is 0 Å². The van der Waals surface area contributed by atoms with Gasteiger partial charge in [0.25, 0.3) is 6.71 Å². The maximum absolute atomic E-state index is 2.72. The van der Waals surface area contributed by atoms with Crippen molar-refractivity contribution in [3.8, 4) is 0 Å². The zero-order valence-electron chi connectivity index (χ0n) is 48.0. The Bertz CT molecular complexity index is 3280. The van der Waals surface area contributed by atoms with Gasteiger partial charge in [0, 0.05) is 45.5 Å². The number of hydrogen-bond donors (Lipinski definition) is 0. The molecule has 3 nitrogen and oxygen atoms in total. The average molecular weight is 976 g/mol. The number of anilines is 9. The van der Waals surface area contributed by atoms with Crippen LogP contribution in [0.15, 0.2) is 140 Å². The van der Waals surface area contributed by atoms with E-state index in [9.17, 15) is 0 Å². The molecule has 0 atom stereocenters. The third-order valence-corrected chi connectivity index (χ3v) is 18.2. The highest BCUT2D eigenvalue weighted by atomic mass is 15.2. The van der Waals surface area contributed by atoms with Crippen LogP contribution in [-0.4, -0.2) is 6.71 Å². The highest BCUT2D eigenvalue weighted by Crippen LogP contribution is 2.54. The second-order valence-corrected chi connectivity index (χ2v) is 28.5. The second-order valence-electron chi connectivity index (χ2n) is 28.5. The summed E-state index contributed by atoms with van der Waals surface area (Å²) in [5, 5.41) is 0. The first-order valence-corrected chi connectivity index (χ1v) is 27.9. The Morgan fingerprint density at radius 3 is 1.31 bits per heavy atom. The number of benzene rings is 7. The fraction of sp³-hybridized carbons (Fsp3) is 0.400. The number of fused-ring (bicyclic) bond motifs is 6. The van der Waals surface area contributed by atoms with Gasteiger partial charge in [-0.3, -0.25) is 0 Å². The summed E-state index contributed by atoms with van der Waals surface area (Å²) in [6.07, 6.45) is 4.66. The van der Waals surface area contributed by atoms with Crippen molar-refractivity contribution in [2.24, 2.45) is 0 Å². The molecule has 380 valence electrons. The van der Waals surface area contributed by atoms with Crippen molar-refractivity contribution in [3.05, 3.63) is 178 Å². The Labute approximate surface area is 446 Å². The fourth-order valence-electron chi connectivity index (χ4n) is 13.1. The standard InChI is InChI=1S/C70H82BN3/c1-64(2,3)45-28-31-57-59(39-45)74(51-37-46(65(4,5)6)36-47(38-51)66(7,8)9)62-42-52(72(48-24-20-18-21-25-48)49-26-22-19-23-27-49)41-61-63(62)71(57)58-43-55-56(70(16,17)35-34-69(55,14)15)44-60(58)73(61)50-29-30-53-54(40-50)68(12,13)33-32-67(53,10)11/h18-31,36-44H,32-35H2,1-17H3. The molecular formula is C70H82BN3. The number of rotatable bonds is 5. The van der Waals surface area contributed by atoms with Crippen LogP contribution in [0, 0.1) is 0 Å². The Morgan fingerprint density at radius 1 is 0.365 bits per heavy atom. The van der Waals surface area contributed by atoms with Crippen LogP contribution in [-0.2, 0) is 37.9 Å². The predicted molar refractivity (Wildman–Crippen MR) is 322 cm³/mol. The largest absolute Gasteiger partial charge is 0.311 e. The van der Waals surface area contributed by atoms with Crippen LogP contribution < -0.4 is 31.1 Å². The van der Waals surface area contributed by atoms with E-state index < -0.39 is 0 Å². The number of hydrogen-bond acceptors (Lipinski definition) is 3. The van der Waals surface area contributed by atoms with Gasteiger partial charge in [0.2, 0.25) is 0 Å². The van der Waals surface area contributed by atoms with Crippen molar-refractivity contribution in [2.75, 3.05) is 14.7 Å². The molecule has 0 bridgehead atoms. The van der Waals surface area contributed by atoms with Crippen LogP contribution in [0.4, 0.5) is 51.2 Å². The molecule has 11 rings (SSSR count). The molecular weight excluding hydrogens is 894 g/mol. The SMILES string of the molecule is CC(C)(C)c1cc(N2c3cc(C(C)(C)C)ccc3B3c4cc5c(cc4N(c4ccc6c(c4)C(C)(C)CCC6(C)C)c4cc(N(c6ccccc6)c6ccccc6)cc2c43)C(C)(C)CCC5(C)C)cc(C(C)(C)C)c1. The normalized spacial score (nSPS) is 17.9. The van der Waals surface area contributed by atoms with Crippen molar-refractivity contribution in [3.63, 3.8) is 0 Å². The topological polar surface area (TPSA) is 9.72 Å². The van der Waals surface area contributed by atoms with Gasteiger partial charge in [-0.05, 0) is 192 Å². The lowest BCUT2D eigenvalue weighted by Crippen LogP contribution is -2.62. The molecule has 2 heterocycles. The van der Waals surface area contributed by atoms with Gasteiger partial charge < -0.3 is 14.7 Å². The van der Waals surface area contributed by atoms with Gasteiger partial charge in [0.1, 0.15) is 0 Å². The zero-order chi connectivity index (χ0) is 52.9. The molecule has 74 heavy (non-hydrogen) atoms. The number of nitrogens with zero attached hydrogens (tertiary/aromatic N) is 3. The molecule has 0 saturated carbocycles. The summed E-state index contributed by atoms with van der Waals surface area (Å²) in [5.74, 6) is 0. The molecule has 2 aliphatic heterocycles. The first-order chi connectivity index (χ1) is 34.5. The van der Waals surface area contributed by atoms with E-state index >= 15 is 0 Å². The summed E-state index contributed by atoms with van der Waals surface area (Å²) in [6, 6.07) is 55.1. The summed E-state index contributed by atoms with van der Waals surface area (Å²) in [6.45, 7) is 41.1. The lowest BCUT2D eigenvalue weighted by Gasteiger charge is -2.48. The van der Waals surface area contributed by atoms with Crippen LogP contribution in [0.25, 0.3) is 0 Å². The molecule has 4 aliphatic rings. The van der Waals surface area contributed by atoms with E-state index in [0.717, 1.165) is 36.3 Å². The minimum atomic E-state index is -0.0761. The summed E-state index contributed by atoms with van der Waals surface area (Å²) >= 11 is 0. The lowest BCUT2D eigenvalue weighted by molar-refractivity contribution is 0.332. The van der Waals surface area contributed by atoms with Gasteiger partial charge in [0.15, 0.2) is 0 Å². The minimum Gasteiger partial charge on any atom is -0.311 e. The van der Waals surface area contributed by atoms with Crippen molar-refractivity contribution in [1.29, 1.82) is 0 Å². The average Bonchev–Trinajstić information content (AvgIpc) is 3.33. The van der Waals surface area contributed by atoms with Crippen molar-refractivity contribution in [2.45, 2.75) is 181 Å². The van der Waals surface area contributed by atoms with Gasteiger partial charge >= 0.3 is 0 Å². The van der Waals surface area contributed by atoms with E-state index in [1.165, 1.54) is 95.9 Å². The van der Waals surface area contributed by atoms with Gasteiger partial charge in [-0.15, -0.1) is 0 Å². The quantitative estimate of drug-likeness (QED) is 0.159. The highest BCUT2D eigenvalue weighted by molar-refractivity contribution is 7.00. The van der Waals surface area contributed by atoms with Crippen LogP contribution in [0.1, 0.15) is 182 Å². The summed E-state index contributed by atoms with van der Waals surface area (Å²) in [7, 11) is 0. The molecule has 0 fully saturated rings. The van der Waals surface area contributed by atoms with Crippen LogP contribution in [0.2, 0.25) is 0 Å². The fourth-order valence-corrected chi connectivity index (χ4v) is 13.1.